The summed E-state index contributed by atoms with van der Waals surface area (Å²) >= 11 is 6.18. The van der Waals surface area contributed by atoms with E-state index in [-0.39, 0.29) is 0 Å². The summed E-state index contributed by atoms with van der Waals surface area (Å²) < 4.78 is 0. The first-order chi connectivity index (χ1) is 14.3. The van der Waals surface area contributed by atoms with E-state index in [2.05, 4.69) is 5.32 Å². The summed E-state index contributed by atoms with van der Waals surface area (Å²) in [4.78, 5) is 27.6. The monoisotopic (exact) mass is 429 g/mol. The minimum atomic E-state index is -1.79. The molecule has 0 bridgehead atoms. The van der Waals surface area contributed by atoms with E-state index in [1.165, 1.54) is 6.92 Å². The molecule has 0 radical (unpaired) electrons. The molecule has 4 N–H and O–H groups in total. The molecule has 6 nitrogen and oxygen atoms in total. The second-order valence-corrected chi connectivity index (χ2v) is 8.27. The molecule has 0 spiro atoms. The van der Waals surface area contributed by atoms with Crippen LogP contribution in [0.2, 0.25) is 5.02 Å². The number of halogens is 1. The number of amides is 2. The zero-order valence-electron chi connectivity index (χ0n) is 17.1. The summed E-state index contributed by atoms with van der Waals surface area (Å²) in [6, 6.07) is 13.9. The van der Waals surface area contributed by atoms with Crippen molar-refractivity contribution in [3.05, 3.63) is 70.2 Å². The van der Waals surface area contributed by atoms with E-state index in [0.717, 1.165) is 30.5 Å². The number of carbonyl (C=O) groups is 2. The molecule has 30 heavy (non-hydrogen) atoms. The molecule has 0 aliphatic carbocycles. The van der Waals surface area contributed by atoms with Crippen molar-refractivity contribution < 1.29 is 14.7 Å². The maximum Gasteiger partial charge on any atom is 0.262 e. The first kappa shape index (κ1) is 22.4. The molecule has 1 saturated heterocycles. The fourth-order valence-electron chi connectivity index (χ4n) is 3.88. The number of imide groups is 1. The van der Waals surface area contributed by atoms with Gasteiger partial charge in [0.1, 0.15) is 0 Å². The molecule has 0 saturated carbocycles. The number of carbonyl (C=O) groups excluding carboxylic acids is 2. The first-order valence-electron chi connectivity index (χ1n) is 10.2. The molecule has 1 aliphatic heterocycles. The predicted molar refractivity (Wildman–Crippen MR) is 117 cm³/mol. The molecule has 2 aromatic carbocycles. The summed E-state index contributed by atoms with van der Waals surface area (Å²) in [7, 11) is 0. The van der Waals surface area contributed by atoms with Gasteiger partial charge in [0.2, 0.25) is 5.91 Å². The van der Waals surface area contributed by atoms with Crippen molar-refractivity contribution >= 4 is 23.4 Å². The highest BCUT2D eigenvalue weighted by Crippen LogP contribution is 2.25. The minimum Gasteiger partial charge on any atom is -0.376 e. The third kappa shape index (κ3) is 5.08. The highest BCUT2D eigenvalue weighted by Gasteiger charge is 2.37. The Kier molecular flexibility index (Phi) is 7.26. The van der Waals surface area contributed by atoms with E-state index in [9.17, 15) is 14.7 Å². The normalized spacial score (nSPS) is 18.7. The van der Waals surface area contributed by atoms with E-state index in [0.29, 0.717) is 30.1 Å². The number of benzene rings is 2. The molecular formula is C23H28ClN3O3. The van der Waals surface area contributed by atoms with Crippen molar-refractivity contribution in [2.75, 3.05) is 13.1 Å². The second kappa shape index (κ2) is 9.71. The zero-order chi connectivity index (χ0) is 21.7. The van der Waals surface area contributed by atoms with Crippen LogP contribution in [0.4, 0.5) is 0 Å². The van der Waals surface area contributed by atoms with Gasteiger partial charge in [-0.3, -0.25) is 19.8 Å². The van der Waals surface area contributed by atoms with E-state index in [1.807, 2.05) is 23.1 Å². The van der Waals surface area contributed by atoms with E-state index >= 15 is 0 Å². The zero-order valence-corrected chi connectivity index (χ0v) is 17.9. The van der Waals surface area contributed by atoms with Crippen LogP contribution in [0.15, 0.2) is 48.5 Å². The van der Waals surface area contributed by atoms with Crippen LogP contribution in [0.25, 0.3) is 0 Å². The number of rotatable bonds is 7. The van der Waals surface area contributed by atoms with Crippen LogP contribution in [0.5, 0.6) is 0 Å². The topological polar surface area (TPSA) is 95.7 Å². The van der Waals surface area contributed by atoms with Crippen molar-refractivity contribution in [3.8, 4) is 0 Å². The van der Waals surface area contributed by atoms with Crippen molar-refractivity contribution in [1.29, 1.82) is 0 Å². The standard InChI is InChI=1S/C23H28ClN3O3/c1-23(30,18-6-3-2-4-7-18)22(29)26-21(28)20-8-5-13-27(20)15-17-14-19(24)10-9-16(17)11-12-25/h2-4,6-7,9-10,14,20,30H,5,8,11-13,15,25H2,1H3,(H,26,28,29)/t20-,23+/m0/s1. The third-order valence-electron chi connectivity index (χ3n) is 5.64. The summed E-state index contributed by atoms with van der Waals surface area (Å²) in [5, 5.41) is 13.7. The molecule has 7 heteroatoms. The van der Waals surface area contributed by atoms with Crippen LogP contribution >= 0.6 is 11.6 Å². The van der Waals surface area contributed by atoms with Crippen LogP contribution in [0.3, 0.4) is 0 Å². The molecule has 0 aromatic heterocycles. The average molecular weight is 430 g/mol. The van der Waals surface area contributed by atoms with Crippen LogP contribution < -0.4 is 11.1 Å². The second-order valence-electron chi connectivity index (χ2n) is 7.84. The van der Waals surface area contributed by atoms with E-state index < -0.39 is 23.5 Å². The number of likely N-dealkylation sites (tertiary alicyclic amines) is 1. The molecule has 160 valence electrons. The molecule has 1 heterocycles. The highest BCUT2D eigenvalue weighted by molar-refractivity contribution is 6.30. The van der Waals surface area contributed by atoms with Gasteiger partial charge in [-0.25, -0.2) is 0 Å². The van der Waals surface area contributed by atoms with Crippen LogP contribution in [-0.4, -0.2) is 41.0 Å². The van der Waals surface area contributed by atoms with Gasteiger partial charge in [-0.2, -0.15) is 0 Å². The summed E-state index contributed by atoms with van der Waals surface area (Å²) in [5.41, 5.74) is 6.51. The Balaban J connectivity index is 1.70. The van der Waals surface area contributed by atoms with Crippen LogP contribution in [-0.2, 0) is 28.2 Å². The van der Waals surface area contributed by atoms with Crippen molar-refractivity contribution in [1.82, 2.24) is 10.2 Å². The Hall–Kier alpha value is -2.25. The lowest BCUT2D eigenvalue weighted by Crippen LogP contribution is -2.50. The number of nitrogens with one attached hydrogen (secondary N) is 1. The smallest absolute Gasteiger partial charge is 0.262 e. The molecule has 2 amide bonds. The molecule has 3 rings (SSSR count). The molecular weight excluding hydrogens is 402 g/mol. The van der Waals surface area contributed by atoms with Crippen molar-refractivity contribution in [2.24, 2.45) is 5.73 Å². The van der Waals surface area contributed by atoms with Gasteiger partial charge in [0.05, 0.1) is 6.04 Å². The van der Waals surface area contributed by atoms with Gasteiger partial charge >= 0.3 is 0 Å². The lowest BCUT2D eigenvalue weighted by molar-refractivity contribution is -0.144. The van der Waals surface area contributed by atoms with Crippen LogP contribution in [0.1, 0.15) is 36.5 Å². The molecule has 1 fully saturated rings. The third-order valence-corrected chi connectivity index (χ3v) is 5.87. The molecule has 2 aromatic rings. The fraction of sp³-hybridized carbons (Fsp3) is 0.391. The maximum atomic E-state index is 12.9. The number of aliphatic hydroxyl groups is 1. The Morgan fingerprint density at radius 3 is 2.67 bits per heavy atom. The number of hydrogen-bond donors (Lipinski definition) is 3. The quantitative estimate of drug-likeness (QED) is 0.628. The van der Waals surface area contributed by atoms with Gasteiger partial charge in [0.15, 0.2) is 5.60 Å². The number of nitrogens with two attached hydrogens (primary N) is 1. The fourth-order valence-corrected chi connectivity index (χ4v) is 4.08. The van der Waals surface area contributed by atoms with E-state index in [4.69, 9.17) is 17.3 Å². The van der Waals surface area contributed by atoms with Gasteiger partial charge < -0.3 is 10.8 Å². The molecule has 0 unspecified atom stereocenters. The Morgan fingerprint density at radius 1 is 1.23 bits per heavy atom. The predicted octanol–water partition coefficient (Wildman–Crippen LogP) is 2.36. The van der Waals surface area contributed by atoms with Gasteiger partial charge in [0.25, 0.3) is 5.91 Å². The largest absolute Gasteiger partial charge is 0.376 e. The lowest BCUT2D eigenvalue weighted by atomic mass is 9.95. The van der Waals surface area contributed by atoms with E-state index in [1.54, 1.807) is 30.3 Å². The Labute approximate surface area is 182 Å². The summed E-state index contributed by atoms with van der Waals surface area (Å²) in [5.74, 6) is -1.12. The van der Waals surface area contributed by atoms with Gasteiger partial charge in [0, 0.05) is 11.6 Å². The first-order valence-corrected chi connectivity index (χ1v) is 10.6. The Bertz CT molecular complexity index is 902. The molecule has 2 atom stereocenters. The summed E-state index contributed by atoms with van der Waals surface area (Å²) in [6.45, 7) is 3.22. The summed E-state index contributed by atoms with van der Waals surface area (Å²) in [6.07, 6.45) is 2.24. The lowest BCUT2D eigenvalue weighted by Gasteiger charge is -2.27. The minimum absolute atomic E-state index is 0.392. The number of hydrogen-bond acceptors (Lipinski definition) is 5. The van der Waals surface area contributed by atoms with Gasteiger partial charge in [-0.1, -0.05) is 48.0 Å². The average Bonchev–Trinajstić information content (AvgIpc) is 3.19. The van der Waals surface area contributed by atoms with Crippen molar-refractivity contribution in [2.45, 2.75) is 44.4 Å². The van der Waals surface area contributed by atoms with Crippen molar-refractivity contribution in [3.63, 3.8) is 0 Å². The van der Waals surface area contributed by atoms with Crippen LogP contribution in [0, 0.1) is 0 Å². The maximum absolute atomic E-state index is 12.9. The Morgan fingerprint density at radius 2 is 1.97 bits per heavy atom. The SMILES string of the molecule is C[C@](O)(C(=O)NC(=O)[C@@H]1CCCN1Cc1cc(Cl)ccc1CCN)c1ccccc1. The molecule has 1 aliphatic rings. The van der Waals surface area contributed by atoms with Gasteiger partial charge in [-0.15, -0.1) is 0 Å². The van der Waals surface area contributed by atoms with Gasteiger partial charge in [-0.05, 0) is 68.1 Å². The number of nitrogens with zero attached hydrogens (tertiary/aromatic N) is 1. The highest BCUT2D eigenvalue weighted by atomic mass is 35.5.